The second kappa shape index (κ2) is 9.65. The summed E-state index contributed by atoms with van der Waals surface area (Å²) in [5.41, 5.74) is 4.65. The Bertz CT molecular complexity index is 642. The fourth-order valence-corrected chi connectivity index (χ4v) is 3.44. The van der Waals surface area contributed by atoms with Crippen molar-refractivity contribution in [1.29, 1.82) is 0 Å². The smallest absolute Gasteiger partial charge is 0.123 e. The molecule has 2 aromatic rings. The zero-order valence-electron chi connectivity index (χ0n) is 16.4. The van der Waals surface area contributed by atoms with Crippen molar-refractivity contribution in [3.05, 3.63) is 53.6 Å². The molecular formula is C24H34O. The van der Waals surface area contributed by atoms with E-state index in [1.165, 1.54) is 49.7 Å². The van der Waals surface area contributed by atoms with E-state index in [0.717, 1.165) is 11.1 Å². The van der Waals surface area contributed by atoms with E-state index in [9.17, 15) is 5.11 Å². The van der Waals surface area contributed by atoms with Gasteiger partial charge < -0.3 is 5.11 Å². The lowest BCUT2D eigenvalue weighted by atomic mass is 9.91. The van der Waals surface area contributed by atoms with E-state index in [2.05, 4.69) is 64.1 Å². The molecule has 0 saturated heterocycles. The Morgan fingerprint density at radius 1 is 0.760 bits per heavy atom. The summed E-state index contributed by atoms with van der Waals surface area (Å²) in [6.07, 6.45) is 7.41. The predicted octanol–water partition coefficient (Wildman–Crippen LogP) is 7.65. The standard InChI is InChI=1S/C24H34O/c1-5-7-9-18(3)20-11-13-21(14-12-20)23-16-15-22(17-24(23)25)19(4)10-8-6-2/h11-19,25H,5-10H2,1-4H3. The van der Waals surface area contributed by atoms with Crippen molar-refractivity contribution in [2.24, 2.45) is 0 Å². The van der Waals surface area contributed by atoms with Crippen LogP contribution < -0.4 is 0 Å². The van der Waals surface area contributed by atoms with Crippen LogP contribution in [0.3, 0.4) is 0 Å². The van der Waals surface area contributed by atoms with Crippen LogP contribution in [0.1, 0.15) is 89.2 Å². The first-order chi connectivity index (χ1) is 12.1. The average Bonchev–Trinajstić information content (AvgIpc) is 2.64. The molecule has 2 unspecified atom stereocenters. The molecule has 0 amide bonds. The lowest BCUT2D eigenvalue weighted by Crippen LogP contribution is -1.95. The number of aromatic hydroxyl groups is 1. The minimum absolute atomic E-state index is 0.396. The second-order valence-corrected chi connectivity index (χ2v) is 7.49. The molecule has 0 aliphatic carbocycles. The first kappa shape index (κ1) is 19.6. The van der Waals surface area contributed by atoms with Crippen molar-refractivity contribution in [1.82, 2.24) is 0 Å². The topological polar surface area (TPSA) is 20.2 Å². The van der Waals surface area contributed by atoms with Gasteiger partial charge >= 0.3 is 0 Å². The number of benzene rings is 2. The number of phenolic OH excluding ortho intramolecular Hbond substituents is 1. The summed E-state index contributed by atoms with van der Waals surface area (Å²) in [7, 11) is 0. The third-order valence-electron chi connectivity index (χ3n) is 5.36. The number of rotatable bonds is 9. The lowest BCUT2D eigenvalue weighted by Gasteiger charge is -2.15. The third-order valence-corrected chi connectivity index (χ3v) is 5.36. The van der Waals surface area contributed by atoms with Gasteiger partial charge in [-0.25, -0.2) is 0 Å². The Hall–Kier alpha value is -1.76. The van der Waals surface area contributed by atoms with Gasteiger partial charge in [-0.05, 0) is 47.4 Å². The van der Waals surface area contributed by atoms with Crippen LogP contribution in [0, 0.1) is 0 Å². The first-order valence-corrected chi connectivity index (χ1v) is 10.00. The van der Waals surface area contributed by atoms with Gasteiger partial charge in [0.05, 0.1) is 0 Å². The molecule has 0 fully saturated rings. The van der Waals surface area contributed by atoms with Gasteiger partial charge in [0.2, 0.25) is 0 Å². The largest absolute Gasteiger partial charge is 0.507 e. The van der Waals surface area contributed by atoms with Gasteiger partial charge in [-0.3, -0.25) is 0 Å². The van der Waals surface area contributed by atoms with Gasteiger partial charge in [0.15, 0.2) is 0 Å². The Morgan fingerprint density at radius 2 is 1.28 bits per heavy atom. The first-order valence-electron chi connectivity index (χ1n) is 10.00. The van der Waals surface area contributed by atoms with Gasteiger partial charge in [0.1, 0.15) is 5.75 Å². The highest BCUT2D eigenvalue weighted by molar-refractivity contribution is 5.70. The van der Waals surface area contributed by atoms with Gasteiger partial charge in [0, 0.05) is 5.56 Å². The molecule has 25 heavy (non-hydrogen) atoms. The molecule has 1 N–H and O–H groups in total. The van der Waals surface area contributed by atoms with Gasteiger partial charge in [-0.15, -0.1) is 0 Å². The Balaban J connectivity index is 2.13. The van der Waals surface area contributed by atoms with E-state index in [1.54, 1.807) is 0 Å². The number of phenols is 1. The predicted molar refractivity (Wildman–Crippen MR) is 109 cm³/mol. The summed E-state index contributed by atoms with van der Waals surface area (Å²) in [5, 5.41) is 10.5. The van der Waals surface area contributed by atoms with Crippen LogP contribution >= 0.6 is 0 Å². The van der Waals surface area contributed by atoms with Crippen LogP contribution in [0.4, 0.5) is 0 Å². The van der Waals surface area contributed by atoms with Crippen molar-refractivity contribution in [2.75, 3.05) is 0 Å². The van der Waals surface area contributed by atoms with E-state index >= 15 is 0 Å². The minimum Gasteiger partial charge on any atom is -0.507 e. The van der Waals surface area contributed by atoms with Gasteiger partial charge in [-0.2, -0.15) is 0 Å². The van der Waals surface area contributed by atoms with Crippen LogP contribution in [0.2, 0.25) is 0 Å². The SMILES string of the molecule is CCCCC(C)c1ccc(-c2ccc(C(C)CCCC)cc2O)cc1. The minimum atomic E-state index is 0.396. The van der Waals surface area contributed by atoms with Crippen molar-refractivity contribution in [3.8, 4) is 16.9 Å². The van der Waals surface area contributed by atoms with E-state index in [-0.39, 0.29) is 0 Å². The van der Waals surface area contributed by atoms with Crippen molar-refractivity contribution in [2.45, 2.75) is 78.1 Å². The fourth-order valence-electron chi connectivity index (χ4n) is 3.44. The summed E-state index contributed by atoms with van der Waals surface area (Å²) in [5.74, 6) is 1.50. The zero-order valence-corrected chi connectivity index (χ0v) is 16.4. The van der Waals surface area contributed by atoms with Gasteiger partial charge in [-0.1, -0.05) is 89.8 Å². The normalized spacial score (nSPS) is 13.6. The monoisotopic (exact) mass is 338 g/mol. The van der Waals surface area contributed by atoms with Crippen LogP contribution in [-0.2, 0) is 0 Å². The van der Waals surface area contributed by atoms with Crippen LogP contribution in [0.25, 0.3) is 11.1 Å². The summed E-state index contributed by atoms with van der Waals surface area (Å²) < 4.78 is 0. The van der Waals surface area contributed by atoms with Crippen molar-refractivity contribution < 1.29 is 5.11 Å². The maximum absolute atomic E-state index is 10.5. The Kier molecular flexibility index (Phi) is 7.55. The van der Waals surface area contributed by atoms with E-state index in [1.807, 2.05) is 6.07 Å². The third kappa shape index (κ3) is 5.36. The summed E-state index contributed by atoms with van der Waals surface area (Å²) >= 11 is 0. The molecule has 0 aliphatic heterocycles. The van der Waals surface area contributed by atoms with E-state index < -0.39 is 0 Å². The highest BCUT2D eigenvalue weighted by Gasteiger charge is 2.11. The highest BCUT2D eigenvalue weighted by Crippen LogP contribution is 2.34. The molecule has 0 radical (unpaired) electrons. The molecule has 0 aliphatic rings. The Morgan fingerprint density at radius 3 is 1.80 bits per heavy atom. The van der Waals surface area contributed by atoms with E-state index in [0.29, 0.717) is 17.6 Å². The molecule has 2 rings (SSSR count). The fraction of sp³-hybridized carbons (Fsp3) is 0.500. The maximum Gasteiger partial charge on any atom is 0.123 e. The molecule has 2 atom stereocenters. The highest BCUT2D eigenvalue weighted by atomic mass is 16.3. The average molecular weight is 339 g/mol. The maximum atomic E-state index is 10.5. The molecule has 0 saturated carbocycles. The number of hydrogen-bond donors (Lipinski definition) is 1. The zero-order chi connectivity index (χ0) is 18.2. The molecule has 1 heteroatoms. The van der Waals surface area contributed by atoms with Crippen LogP contribution in [0.5, 0.6) is 5.75 Å². The molecule has 0 aromatic heterocycles. The molecule has 2 aromatic carbocycles. The second-order valence-electron chi connectivity index (χ2n) is 7.49. The van der Waals surface area contributed by atoms with E-state index in [4.69, 9.17) is 0 Å². The Labute approximate surface area is 154 Å². The summed E-state index contributed by atoms with van der Waals surface area (Å²) in [4.78, 5) is 0. The van der Waals surface area contributed by atoms with Crippen LogP contribution in [-0.4, -0.2) is 5.11 Å². The molecule has 1 nitrogen and oxygen atoms in total. The lowest BCUT2D eigenvalue weighted by molar-refractivity contribution is 0.475. The molecule has 0 bridgehead atoms. The quantitative estimate of drug-likeness (QED) is 0.498. The van der Waals surface area contributed by atoms with Gasteiger partial charge in [0.25, 0.3) is 0 Å². The number of unbranched alkanes of at least 4 members (excludes halogenated alkanes) is 2. The molecular weight excluding hydrogens is 304 g/mol. The molecule has 136 valence electrons. The summed E-state index contributed by atoms with van der Waals surface area (Å²) in [6.45, 7) is 9.01. The molecule has 0 heterocycles. The summed E-state index contributed by atoms with van der Waals surface area (Å²) in [6, 6.07) is 14.9. The van der Waals surface area contributed by atoms with Crippen molar-refractivity contribution in [3.63, 3.8) is 0 Å². The van der Waals surface area contributed by atoms with Crippen LogP contribution in [0.15, 0.2) is 42.5 Å². The van der Waals surface area contributed by atoms with Crippen molar-refractivity contribution >= 4 is 0 Å². The molecule has 0 spiro atoms. The number of hydrogen-bond acceptors (Lipinski definition) is 1.